The summed E-state index contributed by atoms with van der Waals surface area (Å²) in [7, 11) is 1.60. The monoisotopic (exact) mass is 302 g/mol. The molecular formula is C15H20Cl2O2. The first-order valence-corrected chi connectivity index (χ1v) is 7.33. The highest BCUT2D eigenvalue weighted by atomic mass is 35.5. The molecule has 106 valence electrons. The van der Waals surface area contributed by atoms with Crippen LogP contribution in [0.5, 0.6) is 5.75 Å². The zero-order valence-corrected chi connectivity index (χ0v) is 13.1. The average Bonchev–Trinajstić information content (AvgIpc) is 2.38. The van der Waals surface area contributed by atoms with Crippen LogP contribution in [-0.4, -0.2) is 12.9 Å². The van der Waals surface area contributed by atoms with Gasteiger partial charge in [0.1, 0.15) is 11.5 Å². The lowest BCUT2D eigenvalue weighted by Crippen LogP contribution is -2.05. The van der Waals surface area contributed by atoms with E-state index in [-0.39, 0.29) is 11.7 Å². The van der Waals surface area contributed by atoms with Crippen molar-refractivity contribution in [3.8, 4) is 5.75 Å². The van der Waals surface area contributed by atoms with Crippen molar-refractivity contribution in [3.05, 3.63) is 27.7 Å². The van der Waals surface area contributed by atoms with Crippen LogP contribution in [0.3, 0.4) is 0 Å². The fraction of sp³-hybridized carbons (Fsp3) is 0.533. The zero-order chi connectivity index (χ0) is 14.4. The minimum absolute atomic E-state index is 0.238. The normalized spacial score (nSPS) is 12.3. The fourth-order valence-corrected chi connectivity index (χ4v) is 2.78. The highest BCUT2D eigenvalue weighted by Crippen LogP contribution is 2.39. The predicted molar refractivity (Wildman–Crippen MR) is 80.6 cm³/mol. The average molecular weight is 303 g/mol. The van der Waals surface area contributed by atoms with E-state index in [9.17, 15) is 4.79 Å². The van der Waals surface area contributed by atoms with Crippen LogP contribution in [0, 0.1) is 0 Å². The summed E-state index contributed by atoms with van der Waals surface area (Å²) >= 11 is 12.2. The molecule has 0 aromatic heterocycles. The molecule has 0 saturated carbocycles. The van der Waals surface area contributed by atoms with Crippen LogP contribution in [0.4, 0.5) is 0 Å². The molecule has 1 rings (SSSR count). The number of carbonyl (C=O) groups is 1. The summed E-state index contributed by atoms with van der Waals surface area (Å²) in [5, 5.41) is 1.12. The Bertz CT molecular complexity index is 444. The smallest absolute Gasteiger partial charge is 0.141 e. The Labute approximate surface area is 125 Å². The second kappa shape index (κ2) is 7.76. The lowest BCUT2D eigenvalue weighted by Gasteiger charge is -2.19. The molecule has 19 heavy (non-hydrogen) atoms. The maximum absolute atomic E-state index is 11.5. The molecule has 0 aliphatic carbocycles. The second-order valence-corrected chi connectivity index (χ2v) is 5.39. The quantitative estimate of drug-likeness (QED) is 0.687. The van der Waals surface area contributed by atoms with E-state index in [0.29, 0.717) is 28.6 Å². The second-order valence-electron chi connectivity index (χ2n) is 4.55. The number of Topliss-reactive ketones (excluding diaryl/α,β-unsaturated/α-hetero) is 1. The van der Waals surface area contributed by atoms with Crippen molar-refractivity contribution in [2.45, 2.75) is 45.4 Å². The summed E-state index contributed by atoms with van der Waals surface area (Å²) in [6.07, 6.45) is 2.90. The van der Waals surface area contributed by atoms with Gasteiger partial charge in [0.15, 0.2) is 0 Å². The fourth-order valence-electron chi connectivity index (χ4n) is 2.19. The molecule has 1 unspecified atom stereocenters. The van der Waals surface area contributed by atoms with Crippen molar-refractivity contribution in [1.29, 1.82) is 0 Å². The van der Waals surface area contributed by atoms with Gasteiger partial charge in [-0.2, -0.15) is 0 Å². The Morgan fingerprint density at radius 2 is 2.00 bits per heavy atom. The van der Waals surface area contributed by atoms with E-state index in [1.807, 2.05) is 13.0 Å². The number of hydrogen-bond donors (Lipinski definition) is 0. The van der Waals surface area contributed by atoms with Crippen molar-refractivity contribution in [2.75, 3.05) is 7.11 Å². The minimum Gasteiger partial charge on any atom is -0.495 e. The van der Waals surface area contributed by atoms with Gasteiger partial charge in [0.25, 0.3) is 0 Å². The Balaban J connectivity index is 3.00. The number of carbonyl (C=O) groups excluding carboxylic acids is 1. The summed E-state index contributed by atoms with van der Waals surface area (Å²) in [5.41, 5.74) is 0.992. The lowest BCUT2D eigenvalue weighted by molar-refractivity contribution is -0.118. The van der Waals surface area contributed by atoms with Crippen LogP contribution in [0.25, 0.3) is 0 Å². The highest BCUT2D eigenvalue weighted by Gasteiger charge is 2.18. The molecule has 0 radical (unpaired) electrons. The molecule has 1 aromatic carbocycles. The summed E-state index contributed by atoms with van der Waals surface area (Å²) in [6, 6.07) is 3.56. The van der Waals surface area contributed by atoms with Gasteiger partial charge in [-0.1, -0.05) is 37.0 Å². The topological polar surface area (TPSA) is 26.3 Å². The molecule has 1 atom stereocenters. The van der Waals surface area contributed by atoms with Crippen LogP contribution in [0.2, 0.25) is 10.0 Å². The van der Waals surface area contributed by atoms with E-state index >= 15 is 0 Å². The minimum atomic E-state index is 0.238. The van der Waals surface area contributed by atoms with Crippen LogP contribution in [0.15, 0.2) is 12.1 Å². The predicted octanol–water partition coefficient (Wildman–Crippen LogP) is 5.25. The van der Waals surface area contributed by atoms with Crippen molar-refractivity contribution in [3.63, 3.8) is 0 Å². The summed E-state index contributed by atoms with van der Waals surface area (Å²) in [5.74, 6) is 1.19. The molecule has 0 saturated heterocycles. The molecule has 0 heterocycles. The summed E-state index contributed by atoms with van der Waals surface area (Å²) in [6.45, 7) is 3.98. The number of benzene rings is 1. The Kier molecular flexibility index (Phi) is 6.67. The number of ether oxygens (including phenoxy) is 1. The maximum Gasteiger partial charge on any atom is 0.141 e. The first-order valence-electron chi connectivity index (χ1n) is 6.58. The number of methoxy groups -OCH3 is 1. The van der Waals surface area contributed by atoms with Crippen LogP contribution >= 0.6 is 23.2 Å². The van der Waals surface area contributed by atoms with Gasteiger partial charge in [-0.3, -0.25) is 4.79 Å². The number of ketones is 1. The third-order valence-corrected chi connectivity index (χ3v) is 3.84. The largest absolute Gasteiger partial charge is 0.495 e. The molecule has 0 aliphatic heterocycles. The van der Waals surface area contributed by atoms with Gasteiger partial charge < -0.3 is 4.74 Å². The Morgan fingerprint density at radius 3 is 2.53 bits per heavy atom. The van der Waals surface area contributed by atoms with E-state index in [0.717, 1.165) is 18.4 Å². The van der Waals surface area contributed by atoms with Crippen molar-refractivity contribution in [1.82, 2.24) is 0 Å². The Hall–Kier alpha value is -0.730. The van der Waals surface area contributed by atoms with Gasteiger partial charge in [0.05, 0.1) is 12.1 Å². The molecule has 2 nitrogen and oxygen atoms in total. The first-order chi connectivity index (χ1) is 9.03. The zero-order valence-electron chi connectivity index (χ0n) is 11.6. The van der Waals surface area contributed by atoms with Crippen LogP contribution in [0.1, 0.15) is 51.0 Å². The van der Waals surface area contributed by atoms with E-state index in [1.54, 1.807) is 13.2 Å². The van der Waals surface area contributed by atoms with E-state index < -0.39 is 0 Å². The molecule has 0 spiro atoms. The van der Waals surface area contributed by atoms with Crippen molar-refractivity contribution in [2.24, 2.45) is 0 Å². The summed E-state index contributed by atoms with van der Waals surface area (Å²) < 4.78 is 5.37. The summed E-state index contributed by atoms with van der Waals surface area (Å²) in [4.78, 5) is 11.5. The van der Waals surface area contributed by atoms with Crippen LogP contribution in [-0.2, 0) is 4.79 Å². The maximum atomic E-state index is 11.5. The molecule has 0 fully saturated rings. The Morgan fingerprint density at radius 1 is 1.32 bits per heavy atom. The molecular weight excluding hydrogens is 283 g/mol. The van der Waals surface area contributed by atoms with E-state index in [2.05, 4.69) is 6.92 Å². The first kappa shape index (κ1) is 16.3. The molecule has 1 aromatic rings. The van der Waals surface area contributed by atoms with Crippen molar-refractivity contribution < 1.29 is 9.53 Å². The van der Waals surface area contributed by atoms with E-state index in [4.69, 9.17) is 27.9 Å². The van der Waals surface area contributed by atoms with Gasteiger partial charge >= 0.3 is 0 Å². The van der Waals surface area contributed by atoms with Gasteiger partial charge in [-0.15, -0.1) is 0 Å². The van der Waals surface area contributed by atoms with Gasteiger partial charge in [0.2, 0.25) is 0 Å². The molecule has 0 amide bonds. The SMILES string of the molecule is CCC(=O)CCC(CC)c1cc(Cl)cc(Cl)c1OC. The molecule has 0 aliphatic rings. The van der Waals surface area contributed by atoms with Gasteiger partial charge in [0, 0.05) is 23.4 Å². The van der Waals surface area contributed by atoms with Gasteiger partial charge in [-0.05, 0) is 30.9 Å². The lowest BCUT2D eigenvalue weighted by atomic mass is 9.90. The number of halogens is 2. The van der Waals surface area contributed by atoms with E-state index in [1.165, 1.54) is 0 Å². The third-order valence-electron chi connectivity index (χ3n) is 3.34. The van der Waals surface area contributed by atoms with Crippen LogP contribution < -0.4 is 4.74 Å². The standard InChI is InChI=1S/C15H20Cl2O2/c1-4-10(6-7-12(18)5-2)13-8-11(16)9-14(17)15(13)19-3/h8-10H,4-7H2,1-3H3. The highest BCUT2D eigenvalue weighted by molar-refractivity contribution is 6.35. The van der Waals surface area contributed by atoms with Crippen molar-refractivity contribution >= 4 is 29.0 Å². The number of hydrogen-bond acceptors (Lipinski definition) is 2. The third kappa shape index (κ3) is 4.39. The number of rotatable bonds is 7. The molecule has 0 N–H and O–H groups in total. The van der Waals surface area contributed by atoms with Gasteiger partial charge in [-0.25, -0.2) is 0 Å². The molecule has 0 bridgehead atoms. The molecule has 4 heteroatoms.